The average molecular weight is 277 g/mol. The van der Waals surface area contributed by atoms with Gasteiger partial charge in [-0.2, -0.15) is 0 Å². The fourth-order valence-corrected chi connectivity index (χ4v) is 1.33. The second-order valence-corrected chi connectivity index (χ2v) is 5.04. The van der Waals surface area contributed by atoms with Crippen LogP contribution in [0, 0.1) is 0 Å². The average Bonchev–Trinajstić information content (AvgIpc) is 2.23. The van der Waals surface area contributed by atoms with Crippen molar-refractivity contribution in [3.05, 3.63) is 24.3 Å². The molecule has 0 fully saturated rings. The molecular formula is C13H18F3NO2. The predicted molar refractivity (Wildman–Crippen MR) is 66.4 cm³/mol. The quantitative estimate of drug-likeness (QED) is 0.837. The maximum Gasteiger partial charge on any atom is 0.573 e. The van der Waals surface area contributed by atoms with E-state index in [1.54, 1.807) is 0 Å². The second kappa shape index (κ2) is 6.14. The molecule has 1 aromatic carbocycles. The molecule has 0 radical (unpaired) electrons. The van der Waals surface area contributed by atoms with E-state index < -0.39 is 6.36 Å². The van der Waals surface area contributed by atoms with Gasteiger partial charge in [-0.15, -0.1) is 13.2 Å². The van der Waals surface area contributed by atoms with Crippen molar-refractivity contribution in [1.82, 2.24) is 5.32 Å². The van der Waals surface area contributed by atoms with Gasteiger partial charge in [-0.1, -0.05) is 0 Å². The molecule has 3 nitrogen and oxygen atoms in total. The SMILES string of the molecule is CC(C)(C)NCCOc1ccc(OC(F)(F)F)cc1. The van der Waals surface area contributed by atoms with Gasteiger partial charge in [0.2, 0.25) is 0 Å². The van der Waals surface area contributed by atoms with E-state index in [1.165, 1.54) is 24.3 Å². The first-order valence-electron chi connectivity index (χ1n) is 5.89. The molecule has 1 N–H and O–H groups in total. The topological polar surface area (TPSA) is 30.5 Å². The highest BCUT2D eigenvalue weighted by atomic mass is 19.4. The molecule has 0 aliphatic carbocycles. The predicted octanol–water partition coefficient (Wildman–Crippen LogP) is 3.35. The molecule has 1 rings (SSSR count). The largest absolute Gasteiger partial charge is 0.573 e. The zero-order valence-corrected chi connectivity index (χ0v) is 11.2. The fraction of sp³-hybridized carbons (Fsp3) is 0.538. The van der Waals surface area contributed by atoms with Gasteiger partial charge in [0.05, 0.1) is 0 Å². The lowest BCUT2D eigenvalue weighted by Gasteiger charge is -2.20. The summed E-state index contributed by atoms with van der Waals surface area (Å²) in [4.78, 5) is 0. The van der Waals surface area contributed by atoms with Crippen LogP contribution in [0.25, 0.3) is 0 Å². The van der Waals surface area contributed by atoms with Crippen molar-refractivity contribution in [3.8, 4) is 11.5 Å². The van der Waals surface area contributed by atoms with Gasteiger partial charge >= 0.3 is 6.36 Å². The van der Waals surface area contributed by atoms with E-state index in [1.807, 2.05) is 20.8 Å². The number of nitrogens with one attached hydrogen (secondary N) is 1. The lowest BCUT2D eigenvalue weighted by molar-refractivity contribution is -0.274. The van der Waals surface area contributed by atoms with Crippen molar-refractivity contribution in [2.45, 2.75) is 32.7 Å². The Kier molecular flexibility index (Phi) is 5.05. The Balaban J connectivity index is 2.36. The molecular weight excluding hydrogens is 259 g/mol. The number of rotatable bonds is 5. The Morgan fingerprint density at radius 2 is 1.53 bits per heavy atom. The normalized spacial score (nSPS) is 12.3. The van der Waals surface area contributed by atoms with Crippen LogP contribution in [0.15, 0.2) is 24.3 Å². The van der Waals surface area contributed by atoms with E-state index in [-0.39, 0.29) is 11.3 Å². The van der Waals surface area contributed by atoms with Crippen LogP contribution in [-0.4, -0.2) is 25.1 Å². The van der Waals surface area contributed by atoms with Crippen LogP contribution in [0.4, 0.5) is 13.2 Å². The van der Waals surface area contributed by atoms with Crippen LogP contribution in [0.3, 0.4) is 0 Å². The van der Waals surface area contributed by atoms with Crippen LogP contribution >= 0.6 is 0 Å². The molecule has 6 heteroatoms. The van der Waals surface area contributed by atoms with Crippen molar-refractivity contribution < 1.29 is 22.6 Å². The number of hydrogen-bond acceptors (Lipinski definition) is 3. The van der Waals surface area contributed by atoms with E-state index in [9.17, 15) is 13.2 Å². The molecule has 19 heavy (non-hydrogen) atoms. The van der Waals surface area contributed by atoms with Crippen molar-refractivity contribution in [2.75, 3.05) is 13.2 Å². The molecule has 0 aliphatic heterocycles. The number of ether oxygens (including phenoxy) is 2. The van der Waals surface area contributed by atoms with E-state index in [0.29, 0.717) is 18.9 Å². The van der Waals surface area contributed by atoms with E-state index in [0.717, 1.165) is 0 Å². The summed E-state index contributed by atoms with van der Waals surface area (Å²) in [5, 5.41) is 3.24. The molecule has 108 valence electrons. The summed E-state index contributed by atoms with van der Waals surface area (Å²) in [6.45, 7) is 7.21. The fourth-order valence-electron chi connectivity index (χ4n) is 1.33. The number of benzene rings is 1. The minimum Gasteiger partial charge on any atom is -0.492 e. The first-order chi connectivity index (χ1) is 8.66. The lowest BCUT2D eigenvalue weighted by Crippen LogP contribution is -2.38. The van der Waals surface area contributed by atoms with Gasteiger partial charge in [-0.05, 0) is 45.0 Å². The zero-order valence-electron chi connectivity index (χ0n) is 11.2. The first kappa shape index (κ1) is 15.6. The van der Waals surface area contributed by atoms with Gasteiger partial charge in [-0.3, -0.25) is 0 Å². The summed E-state index contributed by atoms with van der Waals surface area (Å²) in [5.74, 6) is 0.248. The Bertz CT molecular complexity index is 382. The zero-order chi connectivity index (χ0) is 14.5. The third-order valence-corrected chi connectivity index (χ3v) is 2.08. The van der Waals surface area contributed by atoms with Crippen LogP contribution < -0.4 is 14.8 Å². The number of hydrogen-bond donors (Lipinski definition) is 1. The standard InChI is InChI=1S/C13H18F3NO2/c1-12(2,3)17-8-9-18-10-4-6-11(7-5-10)19-13(14,15)16/h4-7,17H,8-9H2,1-3H3. The summed E-state index contributed by atoms with van der Waals surface area (Å²) in [6, 6.07) is 5.33. The van der Waals surface area contributed by atoms with Crippen molar-refractivity contribution in [1.29, 1.82) is 0 Å². The summed E-state index contributed by atoms with van der Waals surface area (Å²) >= 11 is 0. The highest BCUT2D eigenvalue weighted by molar-refractivity contribution is 5.31. The molecule has 1 aromatic rings. The van der Waals surface area contributed by atoms with E-state index in [2.05, 4.69) is 10.1 Å². The molecule has 0 aromatic heterocycles. The molecule has 0 aliphatic rings. The number of alkyl halides is 3. The molecule has 0 atom stereocenters. The van der Waals surface area contributed by atoms with Gasteiger partial charge in [0.15, 0.2) is 0 Å². The van der Waals surface area contributed by atoms with Gasteiger partial charge in [-0.25, -0.2) is 0 Å². The van der Waals surface area contributed by atoms with Crippen LogP contribution in [0.1, 0.15) is 20.8 Å². The third-order valence-electron chi connectivity index (χ3n) is 2.08. The van der Waals surface area contributed by atoms with Crippen LogP contribution in [-0.2, 0) is 0 Å². The van der Waals surface area contributed by atoms with E-state index >= 15 is 0 Å². The monoisotopic (exact) mass is 277 g/mol. The Labute approximate surface area is 110 Å². The maximum absolute atomic E-state index is 11.9. The summed E-state index contributed by atoms with van der Waals surface area (Å²) in [5.41, 5.74) is 0.00770. The minimum absolute atomic E-state index is 0.00770. The van der Waals surface area contributed by atoms with E-state index in [4.69, 9.17) is 4.74 Å². The van der Waals surface area contributed by atoms with Crippen molar-refractivity contribution >= 4 is 0 Å². The Hall–Kier alpha value is -1.43. The maximum atomic E-state index is 11.9. The van der Waals surface area contributed by atoms with Crippen LogP contribution in [0.5, 0.6) is 11.5 Å². The molecule has 0 saturated heterocycles. The summed E-state index contributed by atoms with van der Waals surface area (Å²) in [6.07, 6.45) is -4.67. The van der Waals surface area contributed by atoms with Crippen LogP contribution in [0.2, 0.25) is 0 Å². The first-order valence-corrected chi connectivity index (χ1v) is 5.89. The Morgan fingerprint density at radius 3 is 2.00 bits per heavy atom. The summed E-state index contributed by atoms with van der Waals surface area (Å²) < 4.78 is 45.0. The molecule has 0 bridgehead atoms. The molecule has 0 heterocycles. The molecule has 0 amide bonds. The molecule has 0 saturated carbocycles. The smallest absolute Gasteiger partial charge is 0.492 e. The summed E-state index contributed by atoms with van der Waals surface area (Å²) in [7, 11) is 0. The highest BCUT2D eigenvalue weighted by Crippen LogP contribution is 2.24. The van der Waals surface area contributed by atoms with Gasteiger partial charge in [0, 0.05) is 12.1 Å². The molecule has 0 unspecified atom stereocenters. The van der Waals surface area contributed by atoms with Gasteiger partial charge < -0.3 is 14.8 Å². The molecule has 0 spiro atoms. The minimum atomic E-state index is -4.67. The highest BCUT2D eigenvalue weighted by Gasteiger charge is 2.30. The number of halogens is 3. The van der Waals surface area contributed by atoms with Crippen molar-refractivity contribution in [3.63, 3.8) is 0 Å². The van der Waals surface area contributed by atoms with Gasteiger partial charge in [0.1, 0.15) is 18.1 Å². The third kappa shape index (κ3) is 7.56. The second-order valence-electron chi connectivity index (χ2n) is 5.04. The lowest BCUT2D eigenvalue weighted by atomic mass is 10.1. The Morgan fingerprint density at radius 1 is 1.00 bits per heavy atom. The van der Waals surface area contributed by atoms with Gasteiger partial charge in [0.25, 0.3) is 0 Å². The van der Waals surface area contributed by atoms with Crippen molar-refractivity contribution in [2.24, 2.45) is 0 Å².